The molecule has 2 N–H and O–H groups in total. The first-order valence-corrected chi connectivity index (χ1v) is 13.8. The Morgan fingerprint density at radius 3 is 2.06 bits per heavy atom. The van der Waals surface area contributed by atoms with E-state index in [9.17, 15) is 18.0 Å². The van der Waals surface area contributed by atoms with E-state index in [4.69, 9.17) is 5.14 Å². The van der Waals surface area contributed by atoms with Gasteiger partial charge in [-0.1, -0.05) is 32.6 Å². The van der Waals surface area contributed by atoms with E-state index in [0.29, 0.717) is 31.5 Å². The van der Waals surface area contributed by atoms with Gasteiger partial charge in [0.2, 0.25) is 15.9 Å². The first kappa shape index (κ1) is 25.6. The molecule has 2 aliphatic heterocycles. The second kappa shape index (κ2) is 11.9. The van der Waals surface area contributed by atoms with Crippen LogP contribution in [0.5, 0.6) is 0 Å². The van der Waals surface area contributed by atoms with Crippen LogP contribution in [0.15, 0.2) is 29.2 Å². The van der Waals surface area contributed by atoms with Gasteiger partial charge in [-0.05, 0) is 50.1 Å². The minimum Gasteiger partial charge on any atom is -0.340 e. The summed E-state index contributed by atoms with van der Waals surface area (Å²) in [5.41, 5.74) is 0.429. The number of piperidine rings is 1. The molecule has 2 aliphatic rings. The molecule has 2 saturated heterocycles. The molecule has 2 fully saturated rings. The van der Waals surface area contributed by atoms with Gasteiger partial charge in [0.05, 0.1) is 4.90 Å². The Hall–Kier alpha value is -1.97. The van der Waals surface area contributed by atoms with E-state index < -0.39 is 10.0 Å². The van der Waals surface area contributed by atoms with Gasteiger partial charge in [-0.2, -0.15) is 0 Å². The fraction of sp³-hybridized carbons (Fsp3) is 0.667. The molecule has 2 amide bonds. The zero-order valence-corrected chi connectivity index (χ0v) is 20.6. The number of hydrogen-bond donors (Lipinski definition) is 1. The molecule has 184 valence electrons. The van der Waals surface area contributed by atoms with Crippen molar-refractivity contribution in [2.24, 2.45) is 11.1 Å². The summed E-state index contributed by atoms with van der Waals surface area (Å²) in [7, 11) is -3.78. The van der Waals surface area contributed by atoms with Crippen LogP contribution in [0.25, 0.3) is 0 Å². The molecule has 8 nitrogen and oxygen atoms in total. The summed E-state index contributed by atoms with van der Waals surface area (Å²) in [4.78, 5) is 32.0. The van der Waals surface area contributed by atoms with Crippen molar-refractivity contribution < 1.29 is 18.0 Å². The lowest BCUT2D eigenvalue weighted by Crippen LogP contribution is -2.52. The van der Waals surface area contributed by atoms with Crippen molar-refractivity contribution in [2.75, 3.05) is 45.8 Å². The monoisotopic (exact) mass is 478 g/mol. The van der Waals surface area contributed by atoms with Crippen molar-refractivity contribution >= 4 is 21.8 Å². The molecule has 0 aliphatic carbocycles. The third-order valence-electron chi connectivity index (χ3n) is 6.82. The van der Waals surface area contributed by atoms with Crippen LogP contribution < -0.4 is 5.14 Å². The predicted octanol–water partition coefficient (Wildman–Crippen LogP) is 2.30. The van der Waals surface area contributed by atoms with Crippen LogP contribution >= 0.6 is 0 Å². The number of likely N-dealkylation sites (tertiary alicyclic amines) is 1. The first-order chi connectivity index (χ1) is 15.8. The molecule has 0 atom stereocenters. The smallest absolute Gasteiger partial charge is 0.253 e. The molecule has 3 rings (SSSR count). The summed E-state index contributed by atoms with van der Waals surface area (Å²) >= 11 is 0. The minimum atomic E-state index is -3.78. The van der Waals surface area contributed by atoms with Gasteiger partial charge >= 0.3 is 0 Å². The summed E-state index contributed by atoms with van der Waals surface area (Å²) in [5, 5.41) is 5.11. The summed E-state index contributed by atoms with van der Waals surface area (Å²) in [6, 6.07) is 5.68. The predicted molar refractivity (Wildman–Crippen MR) is 128 cm³/mol. The molecule has 0 saturated carbocycles. The molecule has 1 aromatic carbocycles. The van der Waals surface area contributed by atoms with E-state index in [2.05, 4.69) is 11.8 Å². The molecular weight excluding hydrogens is 440 g/mol. The van der Waals surface area contributed by atoms with E-state index in [1.807, 2.05) is 4.90 Å². The van der Waals surface area contributed by atoms with Crippen LogP contribution in [0.1, 0.15) is 62.2 Å². The third-order valence-corrected chi connectivity index (χ3v) is 7.75. The van der Waals surface area contributed by atoms with Crippen molar-refractivity contribution in [1.82, 2.24) is 14.7 Å². The van der Waals surface area contributed by atoms with E-state index >= 15 is 0 Å². The van der Waals surface area contributed by atoms with Gasteiger partial charge in [-0.25, -0.2) is 13.6 Å². The van der Waals surface area contributed by atoms with Gasteiger partial charge in [-0.3, -0.25) is 14.5 Å². The van der Waals surface area contributed by atoms with Gasteiger partial charge in [0, 0.05) is 50.7 Å². The fourth-order valence-electron chi connectivity index (χ4n) is 4.69. The van der Waals surface area contributed by atoms with E-state index in [-0.39, 0.29) is 22.6 Å². The largest absolute Gasteiger partial charge is 0.340 e. The topological polar surface area (TPSA) is 104 Å². The Bertz CT molecular complexity index is 888. The highest BCUT2D eigenvalue weighted by Crippen LogP contribution is 2.22. The number of unbranched alkanes of at least 4 members (excludes halogenated alkanes) is 4. The molecule has 9 heteroatoms. The third kappa shape index (κ3) is 7.25. The van der Waals surface area contributed by atoms with Crippen LogP contribution in [-0.4, -0.2) is 80.7 Å². The fourth-order valence-corrected chi connectivity index (χ4v) is 5.20. The van der Waals surface area contributed by atoms with Crippen molar-refractivity contribution in [3.63, 3.8) is 0 Å². The SMILES string of the molecule is CCCCCCCN1CCN(C(=O)C2CCN(C(=O)c3ccc(S(N)(=O)=O)cc3)CC2)CC1. The zero-order valence-electron chi connectivity index (χ0n) is 19.7. The number of benzene rings is 1. The second-order valence-corrected chi connectivity index (χ2v) is 10.8. The normalized spacial score (nSPS) is 18.5. The maximum absolute atomic E-state index is 13.0. The number of hydrogen-bond acceptors (Lipinski definition) is 5. The highest BCUT2D eigenvalue weighted by Gasteiger charge is 2.32. The average Bonchev–Trinajstić information content (AvgIpc) is 2.83. The molecule has 0 radical (unpaired) electrons. The number of nitrogens with zero attached hydrogens (tertiary/aromatic N) is 3. The Balaban J connectivity index is 1.41. The van der Waals surface area contributed by atoms with Crippen LogP contribution in [-0.2, 0) is 14.8 Å². The molecular formula is C24H38N4O4S. The van der Waals surface area contributed by atoms with Gasteiger partial charge in [0.1, 0.15) is 0 Å². The lowest BCUT2D eigenvalue weighted by atomic mass is 9.94. The molecule has 33 heavy (non-hydrogen) atoms. The van der Waals surface area contributed by atoms with Crippen molar-refractivity contribution in [1.29, 1.82) is 0 Å². The average molecular weight is 479 g/mol. The summed E-state index contributed by atoms with van der Waals surface area (Å²) in [6.45, 7) is 7.91. The lowest BCUT2D eigenvalue weighted by Gasteiger charge is -2.38. The number of rotatable bonds is 9. The summed E-state index contributed by atoms with van der Waals surface area (Å²) in [5.74, 6) is 0.0519. The standard InChI is InChI=1S/C24H38N4O4S/c1-2-3-4-5-6-13-26-16-18-28(19-17-26)24(30)21-11-14-27(15-12-21)23(29)20-7-9-22(10-8-20)33(25,31)32/h7-10,21H,2-6,11-19H2,1H3,(H2,25,31,32). The molecule has 0 bridgehead atoms. The zero-order chi connectivity index (χ0) is 23.8. The molecule has 0 spiro atoms. The van der Waals surface area contributed by atoms with E-state index in [1.165, 1.54) is 56.4 Å². The molecule has 0 unspecified atom stereocenters. The lowest BCUT2D eigenvalue weighted by molar-refractivity contribution is -0.138. The number of primary sulfonamides is 1. The van der Waals surface area contributed by atoms with Crippen LogP contribution in [0.3, 0.4) is 0 Å². The number of carbonyl (C=O) groups is 2. The number of carbonyl (C=O) groups excluding carboxylic acids is 2. The van der Waals surface area contributed by atoms with E-state index in [1.54, 1.807) is 4.90 Å². The number of nitrogens with two attached hydrogens (primary N) is 1. The Morgan fingerprint density at radius 1 is 0.879 bits per heavy atom. The van der Waals surface area contributed by atoms with Gasteiger partial charge in [-0.15, -0.1) is 0 Å². The number of amides is 2. The maximum Gasteiger partial charge on any atom is 0.253 e. The Morgan fingerprint density at radius 2 is 1.48 bits per heavy atom. The number of sulfonamides is 1. The van der Waals surface area contributed by atoms with Crippen molar-refractivity contribution in [3.8, 4) is 0 Å². The van der Waals surface area contributed by atoms with Crippen LogP contribution in [0, 0.1) is 5.92 Å². The molecule has 1 aromatic rings. The van der Waals surface area contributed by atoms with Crippen LogP contribution in [0.2, 0.25) is 0 Å². The minimum absolute atomic E-state index is 0.0139. The summed E-state index contributed by atoms with van der Waals surface area (Å²) in [6.07, 6.45) is 7.76. The van der Waals surface area contributed by atoms with Crippen LogP contribution in [0.4, 0.5) is 0 Å². The van der Waals surface area contributed by atoms with Crippen molar-refractivity contribution in [3.05, 3.63) is 29.8 Å². The molecule has 2 heterocycles. The quantitative estimate of drug-likeness (QED) is 0.549. The highest BCUT2D eigenvalue weighted by atomic mass is 32.2. The van der Waals surface area contributed by atoms with Crippen molar-refractivity contribution in [2.45, 2.75) is 56.8 Å². The van der Waals surface area contributed by atoms with Gasteiger partial charge < -0.3 is 9.80 Å². The maximum atomic E-state index is 13.0. The Labute approximate surface area is 198 Å². The van der Waals surface area contributed by atoms with Gasteiger partial charge in [0.15, 0.2) is 0 Å². The number of piperazine rings is 1. The second-order valence-electron chi connectivity index (χ2n) is 9.22. The Kier molecular flexibility index (Phi) is 9.28. The van der Waals surface area contributed by atoms with E-state index in [0.717, 1.165) is 32.7 Å². The first-order valence-electron chi connectivity index (χ1n) is 12.2. The highest BCUT2D eigenvalue weighted by molar-refractivity contribution is 7.89. The summed E-state index contributed by atoms with van der Waals surface area (Å²) < 4.78 is 22.8. The van der Waals surface area contributed by atoms with Gasteiger partial charge in [0.25, 0.3) is 5.91 Å². The molecule has 0 aromatic heterocycles.